The Bertz CT molecular complexity index is 56.9. The van der Waals surface area contributed by atoms with Gasteiger partial charge in [0.2, 0.25) is 0 Å². The van der Waals surface area contributed by atoms with Gasteiger partial charge in [0.1, 0.15) is 0 Å². The predicted octanol–water partition coefficient (Wildman–Crippen LogP) is 2.05. The number of hydrogen-bond acceptors (Lipinski definition) is 1. The summed E-state index contributed by atoms with van der Waals surface area (Å²) in [6, 6.07) is 0. The van der Waals surface area contributed by atoms with Gasteiger partial charge in [0.05, 0.1) is 0 Å². The summed E-state index contributed by atoms with van der Waals surface area (Å²) in [5, 5.41) is 3.28. The zero-order chi connectivity index (χ0) is 7.11. The van der Waals surface area contributed by atoms with E-state index in [0.29, 0.717) is 0 Å². The summed E-state index contributed by atoms with van der Waals surface area (Å²) in [6.45, 7) is 4.55. The molecule has 0 aliphatic rings. The molecule has 1 unspecified atom stereocenters. The Morgan fingerprint density at radius 2 is 2.22 bits per heavy atom. The zero-order valence-corrected chi connectivity index (χ0v) is 8.94. The Hall–Kier alpha value is 0.690. The third-order valence-corrected chi connectivity index (χ3v) is 4.87. The molecule has 0 spiro atoms. The normalized spacial score (nSPS) is 14.1. The van der Waals surface area contributed by atoms with Crippen LogP contribution in [0, 0.1) is 0 Å². The van der Waals surface area contributed by atoms with Crippen molar-refractivity contribution >= 4 is 21.2 Å². The van der Waals surface area contributed by atoms with Crippen LogP contribution in [0.1, 0.15) is 26.7 Å². The molecule has 0 aromatic carbocycles. The van der Waals surface area contributed by atoms with Crippen LogP contribution >= 0.6 is 21.2 Å². The molecule has 0 saturated heterocycles. The van der Waals surface area contributed by atoms with E-state index in [9.17, 15) is 0 Å². The number of hydrogen-bond donors (Lipinski definition) is 1. The van der Waals surface area contributed by atoms with Crippen LogP contribution in [-0.2, 0) is 0 Å². The Morgan fingerprint density at radius 1 is 1.56 bits per heavy atom. The molecule has 0 aromatic heterocycles. The van der Waals surface area contributed by atoms with Crippen molar-refractivity contribution in [2.75, 3.05) is 11.5 Å². The maximum absolute atomic E-state index is 3.28. The van der Waals surface area contributed by atoms with Gasteiger partial charge in [-0.1, -0.05) is 0 Å². The monoisotopic (exact) mass is 243 g/mol. The van der Waals surface area contributed by atoms with Crippen LogP contribution in [-0.4, -0.2) is 15.5 Å². The van der Waals surface area contributed by atoms with Gasteiger partial charge in [-0.25, -0.2) is 0 Å². The first-order valence-electron chi connectivity index (χ1n) is 3.60. The molecular weight excluding hydrogens is 225 g/mol. The van der Waals surface area contributed by atoms with Gasteiger partial charge in [-0.3, -0.25) is 0 Å². The SMILES string of the molecule is CCCC[IH]C(C)NC. The minimum absolute atomic E-state index is 0.285. The third kappa shape index (κ3) is 6.58. The Labute approximate surface area is 68.9 Å². The van der Waals surface area contributed by atoms with Crippen molar-refractivity contribution in [2.24, 2.45) is 0 Å². The molecule has 0 radical (unpaired) electrons. The molecule has 0 aliphatic carbocycles. The van der Waals surface area contributed by atoms with E-state index in [2.05, 4.69) is 26.2 Å². The van der Waals surface area contributed by atoms with E-state index in [4.69, 9.17) is 0 Å². The van der Waals surface area contributed by atoms with Crippen LogP contribution in [0.3, 0.4) is 0 Å². The summed E-state index contributed by atoms with van der Waals surface area (Å²) in [7, 11) is 2.06. The summed E-state index contributed by atoms with van der Waals surface area (Å²) in [5.74, 6) is 0. The topological polar surface area (TPSA) is 12.0 Å². The van der Waals surface area contributed by atoms with E-state index in [-0.39, 0.29) is 21.2 Å². The van der Waals surface area contributed by atoms with Crippen LogP contribution in [0.2, 0.25) is 0 Å². The second-order valence-corrected chi connectivity index (χ2v) is 6.29. The van der Waals surface area contributed by atoms with Gasteiger partial charge in [-0.15, -0.1) is 0 Å². The summed E-state index contributed by atoms with van der Waals surface area (Å²) in [5.41, 5.74) is 0. The molecular formula is C7H18IN. The van der Waals surface area contributed by atoms with Crippen LogP contribution in [0.4, 0.5) is 0 Å². The van der Waals surface area contributed by atoms with E-state index < -0.39 is 0 Å². The van der Waals surface area contributed by atoms with Crippen molar-refractivity contribution in [3.63, 3.8) is 0 Å². The van der Waals surface area contributed by atoms with Gasteiger partial charge in [-0.05, 0) is 0 Å². The summed E-state index contributed by atoms with van der Waals surface area (Å²) in [4.78, 5) is 0. The van der Waals surface area contributed by atoms with Crippen molar-refractivity contribution in [3.05, 3.63) is 0 Å². The number of nitrogens with one attached hydrogen (secondary N) is 1. The van der Waals surface area contributed by atoms with Crippen molar-refractivity contribution in [2.45, 2.75) is 30.7 Å². The van der Waals surface area contributed by atoms with Gasteiger partial charge < -0.3 is 0 Å². The first kappa shape index (κ1) is 9.69. The van der Waals surface area contributed by atoms with Gasteiger partial charge in [0.25, 0.3) is 0 Å². The van der Waals surface area contributed by atoms with E-state index in [1.807, 2.05) is 0 Å². The average molecular weight is 243 g/mol. The molecule has 0 amide bonds. The van der Waals surface area contributed by atoms with Gasteiger partial charge >= 0.3 is 68.7 Å². The molecule has 2 heteroatoms. The van der Waals surface area contributed by atoms with E-state index in [1.54, 1.807) is 0 Å². The quantitative estimate of drug-likeness (QED) is 0.337. The van der Waals surface area contributed by atoms with E-state index in [1.165, 1.54) is 17.3 Å². The van der Waals surface area contributed by atoms with Crippen molar-refractivity contribution < 1.29 is 0 Å². The molecule has 0 fully saturated rings. The fourth-order valence-corrected chi connectivity index (χ4v) is 3.27. The molecule has 0 aliphatic heterocycles. The molecule has 0 rings (SSSR count). The van der Waals surface area contributed by atoms with Crippen LogP contribution in [0.15, 0.2) is 0 Å². The Morgan fingerprint density at radius 3 is 2.67 bits per heavy atom. The third-order valence-electron chi connectivity index (χ3n) is 1.27. The molecule has 9 heavy (non-hydrogen) atoms. The van der Waals surface area contributed by atoms with Crippen molar-refractivity contribution in [1.82, 2.24) is 5.32 Å². The fraction of sp³-hybridized carbons (Fsp3) is 1.00. The number of rotatable bonds is 5. The Kier molecular flexibility index (Phi) is 7.33. The van der Waals surface area contributed by atoms with E-state index >= 15 is 0 Å². The molecule has 1 N–H and O–H groups in total. The zero-order valence-electron chi connectivity index (χ0n) is 6.61. The predicted molar refractivity (Wildman–Crippen MR) is 53.7 cm³/mol. The fourth-order valence-electron chi connectivity index (χ4n) is 0.488. The summed E-state index contributed by atoms with van der Waals surface area (Å²) >= 11 is 0.285. The first-order chi connectivity index (χ1) is 4.31. The molecule has 1 atom stereocenters. The standard InChI is InChI=1S/C7H18IN/c1-4-5-6-8-7(2)9-3/h7-9H,4-6H2,1-3H3. The van der Waals surface area contributed by atoms with Gasteiger partial charge in [-0.2, -0.15) is 0 Å². The summed E-state index contributed by atoms with van der Waals surface area (Å²) in [6.07, 6.45) is 2.80. The number of alkyl halides is 2. The van der Waals surface area contributed by atoms with Crippen LogP contribution < -0.4 is 5.32 Å². The van der Waals surface area contributed by atoms with Gasteiger partial charge in [0, 0.05) is 0 Å². The minimum atomic E-state index is 0.285. The number of unbranched alkanes of at least 4 members (excludes halogenated alkanes) is 1. The second kappa shape index (κ2) is 6.81. The summed E-state index contributed by atoms with van der Waals surface area (Å²) < 4.78 is 2.34. The van der Waals surface area contributed by atoms with Crippen molar-refractivity contribution in [3.8, 4) is 0 Å². The number of halogens is 1. The first-order valence-corrected chi connectivity index (χ1v) is 6.59. The van der Waals surface area contributed by atoms with Crippen LogP contribution in [0.25, 0.3) is 0 Å². The molecule has 58 valence electrons. The molecule has 0 bridgehead atoms. The van der Waals surface area contributed by atoms with Crippen LogP contribution in [0.5, 0.6) is 0 Å². The van der Waals surface area contributed by atoms with E-state index in [0.717, 1.165) is 4.05 Å². The Balaban J connectivity index is 2.88. The molecule has 0 heterocycles. The average Bonchev–Trinajstić information content (AvgIpc) is 1.89. The molecule has 1 nitrogen and oxygen atoms in total. The van der Waals surface area contributed by atoms with Gasteiger partial charge in [0.15, 0.2) is 0 Å². The van der Waals surface area contributed by atoms with Crippen molar-refractivity contribution in [1.29, 1.82) is 0 Å². The second-order valence-electron chi connectivity index (χ2n) is 2.16. The molecule has 0 aromatic rings. The maximum atomic E-state index is 3.28. The molecule has 0 saturated carbocycles.